The maximum atomic E-state index is 13.3. The van der Waals surface area contributed by atoms with Crippen molar-refractivity contribution in [3.05, 3.63) is 120 Å². The van der Waals surface area contributed by atoms with Gasteiger partial charge in [0, 0.05) is 18.7 Å². The summed E-state index contributed by atoms with van der Waals surface area (Å²) < 4.78 is 5.60. The summed E-state index contributed by atoms with van der Waals surface area (Å²) in [4.78, 5) is 43.0. The molecule has 0 fully saturated rings. The lowest BCUT2D eigenvalue weighted by molar-refractivity contribution is -0.137. The smallest absolute Gasteiger partial charge is 0.411 e. The third-order valence-electron chi connectivity index (χ3n) is 6.42. The molecule has 3 aromatic carbocycles. The normalized spacial score (nSPS) is 11.8. The molecule has 38 heavy (non-hydrogen) atoms. The molecule has 0 bridgehead atoms. The van der Waals surface area contributed by atoms with Crippen molar-refractivity contribution in [2.45, 2.75) is 12.5 Å². The summed E-state index contributed by atoms with van der Waals surface area (Å²) in [5.41, 5.74) is 5.25. The molecule has 5 rings (SSSR count). The number of fused-ring (bicyclic) bond motifs is 3. The second-order valence-corrected chi connectivity index (χ2v) is 8.89. The number of carbonyl (C=O) groups is 3. The number of pyridine rings is 1. The van der Waals surface area contributed by atoms with Gasteiger partial charge in [-0.05, 0) is 39.9 Å². The van der Waals surface area contributed by atoms with Crippen molar-refractivity contribution in [1.82, 2.24) is 9.88 Å². The van der Waals surface area contributed by atoms with Gasteiger partial charge in [-0.2, -0.15) is 0 Å². The van der Waals surface area contributed by atoms with Crippen LogP contribution in [0.5, 0.6) is 0 Å². The molecule has 0 radical (unpaired) electrons. The Bertz CT molecular complexity index is 1440. The minimum atomic E-state index is -1.16. The van der Waals surface area contributed by atoms with Gasteiger partial charge in [-0.25, -0.2) is 9.78 Å². The molecular formula is C30H25N3O5. The van der Waals surface area contributed by atoms with Crippen molar-refractivity contribution >= 4 is 23.7 Å². The average molecular weight is 508 g/mol. The lowest BCUT2D eigenvalue weighted by atomic mass is 9.98. The van der Waals surface area contributed by atoms with Crippen LogP contribution >= 0.6 is 0 Å². The van der Waals surface area contributed by atoms with Gasteiger partial charge < -0.3 is 14.7 Å². The van der Waals surface area contributed by atoms with E-state index in [1.54, 1.807) is 18.2 Å². The maximum absolute atomic E-state index is 13.3. The van der Waals surface area contributed by atoms with E-state index in [1.165, 1.54) is 17.2 Å². The first kappa shape index (κ1) is 24.7. The predicted octanol–water partition coefficient (Wildman–Crippen LogP) is 5.17. The number of carboxylic acid groups (broad SMARTS) is 1. The minimum Gasteiger partial charge on any atom is -0.480 e. The number of hydrogen-bond acceptors (Lipinski definition) is 5. The number of carbonyl (C=O) groups excluding carboxylic acids is 2. The van der Waals surface area contributed by atoms with E-state index in [0.29, 0.717) is 0 Å². The number of rotatable bonds is 8. The van der Waals surface area contributed by atoms with Gasteiger partial charge in [0.2, 0.25) is 0 Å². The Labute approximate surface area is 219 Å². The fourth-order valence-electron chi connectivity index (χ4n) is 4.74. The first-order valence-electron chi connectivity index (χ1n) is 12.1. The quantitative estimate of drug-likeness (QED) is 0.341. The van der Waals surface area contributed by atoms with E-state index in [2.05, 4.69) is 22.4 Å². The number of aliphatic carboxylic acids is 1. The molecule has 0 saturated heterocycles. The zero-order chi connectivity index (χ0) is 26.5. The van der Waals surface area contributed by atoms with Crippen molar-refractivity contribution in [3.63, 3.8) is 0 Å². The van der Waals surface area contributed by atoms with Crippen molar-refractivity contribution in [2.24, 2.45) is 0 Å². The number of nitrogens with one attached hydrogen (secondary N) is 1. The number of carboxylic acids is 1. The summed E-state index contributed by atoms with van der Waals surface area (Å²) in [5, 5.41) is 12.0. The summed E-state index contributed by atoms with van der Waals surface area (Å²) in [6, 6.07) is 28.2. The number of benzene rings is 3. The molecule has 190 valence electrons. The Morgan fingerprint density at radius 1 is 0.842 bits per heavy atom. The molecule has 0 unspecified atom stereocenters. The lowest BCUT2D eigenvalue weighted by Crippen LogP contribution is -2.36. The number of ether oxygens (including phenoxy) is 1. The second-order valence-electron chi connectivity index (χ2n) is 8.89. The summed E-state index contributed by atoms with van der Waals surface area (Å²) in [6.07, 6.45) is 0.680. The third-order valence-corrected chi connectivity index (χ3v) is 6.42. The number of nitrogens with zero attached hydrogens (tertiary/aromatic N) is 2. The summed E-state index contributed by atoms with van der Waals surface area (Å²) in [5.74, 6) is -1.89. The third kappa shape index (κ3) is 5.24. The van der Waals surface area contributed by atoms with E-state index in [0.717, 1.165) is 27.8 Å². The monoisotopic (exact) mass is 507 g/mol. The van der Waals surface area contributed by atoms with Crippen molar-refractivity contribution < 1.29 is 24.2 Å². The van der Waals surface area contributed by atoms with Gasteiger partial charge in [-0.15, -0.1) is 0 Å². The van der Waals surface area contributed by atoms with Crippen LogP contribution in [0.2, 0.25) is 0 Å². The van der Waals surface area contributed by atoms with E-state index >= 15 is 0 Å². The van der Waals surface area contributed by atoms with Crippen molar-refractivity contribution in [3.8, 4) is 11.1 Å². The van der Waals surface area contributed by atoms with Gasteiger partial charge in [0.05, 0.1) is 5.69 Å². The Morgan fingerprint density at radius 3 is 2.13 bits per heavy atom. The number of anilines is 1. The Balaban J connectivity index is 1.31. The average Bonchev–Trinajstić information content (AvgIpc) is 3.25. The Hall–Kier alpha value is -4.98. The lowest BCUT2D eigenvalue weighted by Gasteiger charge is -2.22. The topological polar surface area (TPSA) is 109 Å². The predicted molar refractivity (Wildman–Crippen MR) is 142 cm³/mol. The van der Waals surface area contributed by atoms with Crippen LogP contribution in [0.4, 0.5) is 10.5 Å². The fraction of sp³-hybridized carbons (Fsp3) is 0.133. The molecule has 8 heteroatoms. The second kappa shape index (κ2) is 11.0. The molecule has 2 N–H and O–H groups in total. The first-order valence-corrected chi connectivity index (χ1v) is 12.1. The standard InChI is InChI=1S/C30H25N3O5/c34-27(35)18-33(17-20-9-2-1-3-10-20)29(36)28-26(15-8-16-31-28)32-30(37)38-19-25-23-13-6-4-11-21(23)22-12-5-7-14-24(22)25/h1-16,25H,17-19H2,(H,32,37)(H,34,35). The van der Waals surface area contributed by atoms with E-state index in [1.807, 2.05) is 54.6 Å². The van der Waals surface area contributed by atoms with Crippen LogP contribution in [0.25, 0.3) is 11.1 Å². The van der Waals surface area contributed by atoms with Crippen molar-refractivity contribution in [1.29, 1.82) is 0 Å². The minimum absolute atomic E-state index is 0.0711. The highest BCUT2D eigenvalue weighted by atomic mass is 16.5. The van der Waals surface area contributed by atoms with Crippen LogP contribution in [-0.2, 0) is 16.1 Å². The van der Waals surface area contributed by atoms with Crippen LogP contribution in [0.3, 0.4) is 0 Å². The number of hydrogen-bond donors (Lipinski definition) is 2. The molecule has 4 aromatic rings. The highest BCUT2D eigenvalue weighted by Crippen LogP contribution is 2.44. The summed E-state index contributed by atoms with van der Waals surface area (Å²) in [7, 11) is 0. The number of aromatic nitrogens is 1. The molecule has 0 atom stereocenters. The van der Waals surface area contributed by atoms with Crippen LogP contribution in [-0.4, -0.2) is 46.1 Å². The van der Waals surface area contributed by atoms with E-state index in [9.17, 15) is 19.5 Å². The van der Waals surface area contributed by atoms with Crippen LogP contribution in [0, 0.1) is 0 Å². The van der Waals surface area contributed by atoms with Crippen LogP contribution in [0.15, 0.2) is 97.2 Å². The van der Waals surface area contributed by atoms with Gasteiger partial charge in [0.15, 0.2) is 5.69 Å². The van der Waals surface area contributed by atoms with Gasteiger partial charge in [-0.1, -0.05) is 78.9 Å². The molecule has 0 saturated carbocycles. The molecule has 1 aliphatic rings. The maximum Gasteiger partial charge on any atom is 0.411 e. The highest BCUT2D eigenvalue weighted by Gasteiger charge is 2.29. The molecule has 2 amide bonds. The Morgan fingerprint density at radius 2 is 1.47 bits per heavy atom. The van der Waals surface area contributed by atoms with Gasteiger partial charge in [0.1, 0.15) is 13.2 Å². The van der Waals surface area contributed by atoms with Crippen LogP contribution in [0.1, 0.15) is 33.1 Å². The van der Waals surface area contributed by atoms with Gasteiger partial charge in [0.25, 0.3) is 5.91 Å². The molecular weight excluding hydrogens is 482 g/mol. The largest absolute Gasteiger partial charge is 0.480 e. The zero-order valence-electron chi connectivity index (χ0n) is 20.4. The molecule has 8 nitrogen and oxygen atoms in total. The molecule has 0 aliphatic heterocycles. The highest BCUT2D eigenvalue weighted by molar-refractivity contribution is 6.01. The van der Waals surface area contributed by atoms with E-state index in [-0.39, 0.29) is 30.5 Å². The van der Waals surface area contributed by atoms with E-state index < -0.39 is 24.5 Å². The summed E-state index contributed by atoms with van der Waals surface area (Å²) >= 11 is 0. The van der Waals surface area contributed by atoms with Gasteiger partial charge in [-0.3, -0.25) is 14.9 Å². The number of amides is 2. The molecule has 1 aliphatic carbocycles. The fourth-order valence-corrected chi connectivity index (χ4v) is 4.74. The molecule has 1 aromatic heterocycles. The summed E-state index contributed by atoms with van der Waals surface area (Å²) in [6.45, 7) is -0.329. The SMILES string of the molecule is O=C(O)CN(Cc1ccccc1)C(=O)c1ncccc1NC(=O)OCC1c2ccccc2-c2ccccc21. The molecule has 1 heterocycles. The molecule has 0 spiro atoms. The first-order chi connectivity index (χ1) is 18.5. The van der Waals surface area contributed by atoms with Crippen molar-refractivity contribution in [2.75, 3.05) is 18.5 Å². The van der Waals surface area contributed by atoms with E-state index in [4.69, 9.17) is 4.74 Å². The zero-order valence-corrected chi connectivity index (χ0v) is 20.4. The van der Waals surface area contributed by atoms with Crippen LogP contribution < -0.4 is 5.32 Å². The van der Waals surface area contributed by atoms with Gasteiger partial charge >= 0.3 is 12.1 Å². The Kier molecular flexibility index (Phi) is 7.13.